The number of aromatic nitrogens is 4. The number of fused-ring (bicyclic) bond motifs is 1. The molecule has 2 aromatic rings. The van der Waals surface area contributed by atoms with Gasteiger partial charge in [-0.1, -0.05) is 0 Å². The van der Waals surface area contributed by atoms with Crippen LogP contribution in [0.3, 0.4) is 0 Å². The topological polar surface area (TPSA) is 78.0 Å². The molecule has 0 bridgehead atoms. The van der Waals surface area contributed by atoms with Crippen molar-refractivity contribution in [3.05, 3.63) is 12.7 Å². The summed E-state index contributed by atoms with van der Waals surface area (Å²) < 4.78 is 0. The van der Waals surface area contributed by atoms with Crippen molar-refractivity contribution in [1.29, 1.82) is 0 Å². The average Bonchev–Trinajstić information content (AvgIpc) is 3.23. The third-order valence-electron chi connectivity index (χ3n) is 4.02. The fraction of sp³-hybridized carbons (Fsp3) is 0.538. The van der Waals surface area contributed by atoms with E-state index < -0.39 is 0 Å². The minimum atomic E-state index is 0.305. The SMILES string of the molecule is O=C(C1CC1)N1CCN(c2ncnc3nc[nH]c23)CC1. The number of carbonyl (C=O) groups is 1. The molecule has 2 fully saturated rings. The van der Waals surface area contributed by atoms with Crippen LogP contribution in [0.1, 0.15) is 12.8 Å². The van der Waals surface area contributed by atoms with Crippen LogP contribution in [0.25, 0.3) is 11.2 Å². The largest absolute Gasteiger partial charge is 0.351 e. The Kier molecular flexibility index (Phi) is 2.58. The first-order valence-corrected chi connectivity index (χ1v) is 7.01. The van der Waals surface area contributed by atoms with Crippen LogP contribution in [0.15, 0.2) is 12.7 Å². The normalized spacial score (nSPS) is 19.6. The quantitative estimate of drug-likeness (QED) is 0.856. The maximum absolute atomic E-state index is 12.0. The fourth-order valence-electron chi connectivity index (χ4n) is 2.72. The van der Waals surface area contributed by atoms with E-state index in [1.807, 2.05) is 4.90 Å². The first-order valence-electron chi connectivity index (χ1n) is 7.01. The van der Waals surface area contributed by atoms with Gasteiger partial charge in [-0.2, -0.15) is 0 Å². The molecule has 1 saturated heterocycles. The van der Waals surface area contributed by atoms with Gasteiger partial charge in [0.05, 0.1) is 6.33 Å². The molecule has 0 atom stereocenters. The maximum Gasteiger partial charge on any atom is 0.225 e. The average molecular weight is 272 g/mol. The molecule has 3 heterocycles. The highest BCUT2D eigenvalue weighted by Gasteiger charge is 2.34. The summed E-state index contributed by atoms with van der Waals surface area (Å²) in [6.45, 7) is 3.16. The molecule has 7 heteroatoms. The van der Waals surface area contributed by atoms with Crippen LogP contribution >= 0.6 is 0 Å². The van der Waals surface area contributed by atoms with Crippen LogP contribution in [0.4, 0.5) is 5.82 Å². The molecular weight excluding hydrogens is 256 g/mol. The molecule has 1 amide bonds. The van der Waals surface area contributed by atoms with Gasteiger partial charge in [-0.15, -0.1) is 0 Å². The number of nitrogens with zero attached hydrogens (tertiary/aromatic N) is 5. The van der Waals surface area contributed by atoms with Gasteiger partial charge < -0.3 is 14.8 Å². The Morgan fingerprint density at radius 2 is 1.95 bits per heavy atom. The van der Waals surface area contributed by atoms with Gasteiger partial charge in [0.1, 0.15) is 11.8 Å². The van der Waals surface area contributed by atoms with Crippen molar-refractivity contribution in [2.75, 3.05) is 31.1 Å². The standard InChI is InChI=1S/C13H16N6O/c20-13(9-1-2-9)19-5-3-18(4-6-19)12-10-11(15-7-14-10)16-8-17-12/h7-9H,1-6H2,(H,14,15,16,17). The van der Waals surface area contributed by atoms with E-state index in [1.165, 1.54) is 0 Å². The first kappa shape index (κ1) is 11.6. The van der Waals surface area contributed by atoms with Gasteiger partial charge in [-0.05, 0) is 12.8 Å². The van der Waals surface area contributed by atoms with Crippen LogP contribution in [0.2, 0.25) is 0 Å². The van der Waals surface area contributed by atoms with E-state index in [-0.39, 0.29) is 0 Å². The van der Waals surface area contributed by atoms with Crippen molar-refractivity contribution in [2.45, 2.75) is 12.8 Å². The van der Waals surface area contributed by atoms with Gasteiger partial charge in [0.2, 0.25) is 5.91 Å². The summed E-state index contributed by atoms with van der Waals surface area (Å²) >= 11 is 0. The number of hydrogen-bond acceptors (Lipinski definition) is 5. The summed E-state index contributed by atoms with van der Waals surface area (Å²) in [5.41, 5.74) is 1.56. The van der Waals surface area contributed by atoms with E-state index in [1.54, 1.807) is 12.7 Å². The number of piperazine rings is 1. The zero-order valence-corrected chi connectivity index (χ0v) is 11.1. The highest BCUT2D eigenvalue weighted by atomic mass is 16.2. The van der Waals surface area contributed by atoms with Crippen molar-refractivity contribution >= 4 is 22.9 Å². The molecule has 4 rings (SSSR count). The molecule has 1 N–H and O–H groups in total. The predicted molar refractivity (Wildman–Crippen MR) is 73.2 cm³/mol. The molecule has 2 aliphatic rings. The van der Waals surface area contributed by atoms with E-state index in [2.05, 4.69) is 24.8 Å². The molecule has 7 nitrogen and oxygen atoms in total. The van der Waals surface area contributed by atoms with Gasteiger partial charge in [0, 0.05) is 32.1 Å². The van der Waals surface area contributed by atoms with Crippen molar-refractivity contribution in [1.82, 2.24) is 24.8 Å². The predicted octanol–water partition coefficient (Wildman–Crippen LogP) is 0.411. The second kappa shape index (κ2) is 4.43. The Morgan fingerprint density at radius 1 is 1.15 bits per heavy atom. The van der Waals surface area contributed by atoms with E-state index in [0.29, 0.717) is 17.5 Å². The van der Waals surface area contributed by atoms with Crippen molar-refractivity contribution < 1.29 is 4.79 Å². The van der Waals surface area contributed by atoms with E-state index >= 15 is 0 Å². The molecular formula is C13H16N6O. The van der Waals surface area contributed by atoms with Crippen molar-refractivity contribution in [3.8, 4) is 0 Å². The number of rotatable bonds is 2. The molecule has 2 aromatic heterocycles. The minimum Gasteiger partial charge on any atom is -0.351 e. The van der Waals surface area contributed by atoms with E-state index in [4.69, 9.17) is 0 Å². The van der Waals surface area contributed by atoms with Crippen molar-refractivity contribution in [3.63, 3.8) is 0 Å². The summed E-state index contributed by atoms with van der Waals surface area (Å²) in [6.07, 6.45) is 5.31. The number of carbonyl (C=O) groups excluding carboxylic acids is 1. The molecule has 1 aliphatic heterocycles. The number of imidazole rings is 1. The maximum atomic E-state index is 12.0. The smallest absolute Gasteiger partial charge is 0.225 e. The highest BCUT2D eigenvalue weighted by Crippen LogP contribution is 2.31. The molecule has 104 valence electrons. The summed E-state index contributed by atoms with van der Waals surface area (Å²) in [7, 11) is 0. The van der Waals surface area contributed by atoms with Gasteiger partial charge in [0.25, 0.3) is 0 Å². The van der Waals surface area contributed by atoms with Gasteiger partial charge in [-0.25, -0.2) is 15.0 Å². The van der Waals surface area contributed by atoms with Gasteiger partial charge in [0.15, 0.2) is 11.5 Å². The molecule has 0 spiro atoms. The summed E-state index contributed by atoms with van der Waals surface area (Å²) in [5.74, 6) is 1.52. The summed E-state index contributed by atoms with van der Waals surface area (Å²) in [4.78, 5) is 31.9. The number of H-pyrrole nitrogens is 1. The Hall–Kier alpha value is -2.18. The second-order valence-electron chi connectivity index (χ2n) is 5.39. The zero-order chi connectivity index (χ0) is 13.5. The van der Waals surface area contributed by atoms with Crippen LogP contribution in [0.5, 0.6) is 0 Å². The van der Waals surface area contributed by atoms with Crippen molar-refractivity contribution in [2.24, 2.45) is 5.92 Å². The van der Waals surface area contributed by atoms with Crippen LogP contribution in [-0.2, 0) is 4.79 Å². The lowest BCUT2D eigenvalue weighted by Gasteiger charge is -2.35. The number of anilines is 1. The Labute approximate surface area is 116 Å². The molecule has 1 aliphatic carbocycles. The van der Waals surface area contributed by atoms with Gasteiger partial charge >= 0.3 is 0 Å². The molecule has 0 unspecified atom stereocenters. The van der Waals surface area contributed by atoms with Crippen LogP contribution in [-0.4, -0.2) is 56.9 Å². The highest BCUT2D eigenvalue weighted by molar-refractivity contribution is 5.83. The molecule has 20 heavy (non-hydrogen) atoms. The number of hydrogen-bond donors (Lipinski definition) is 1. The lowest BCUT2D eigenvalue weighted by molar-refractivity contribution is -0.132. The number of nitrogens with one attached hydrogen (secondary N) is 1. The third-order valence-corrected chi connectivity index (χ3v) is 4.02. The van der Waals surface area contributed by atoms with E-state index in [9.17, 15) is 4.79 Å². The lowest BCUT2D eigenvalue weighted by atomic mass is 10.2. The second-order valence-corrected chi connectivity index (χ2v) is 5.39. The number of amides is 1. The Morgan fingerprint density at radius 3 is 2.70 bits per heavy atom. The minimum absolute atomic E-state index is 0.305. The summed E-state index contributed by atoms with van der Waals surface area (Å²) in [5, 5.41) is 0. The fourth-order valence-corrected chi connectivity index (χ4v) is 2.72. The van der Waals surface area contributed by atoms with Crippen LogP contribution < -0.4 is 4.90 Å². The third kappa shape index (κ3) is 1.90. The van der Waals surface area contributed by atoms with Crippen LogP contribution in [0, 0.1) is 5.92 Å². The Bertz CT molecular complexity index is 641. The molecule has 1 saturated carbocycles. The summed E-state index contributed by atoms with van der Waals surface area (Å²) in [6, 6.07) is 0. The van der Waals surface area contributed by atoms with Gasteiger partial charge in [-0.3, -0.25) is 4.79 Å². The zero-order valence-electron chi connectivity index (χ0n) is 11.1. The molecule has 0 aromatic carbocycles. The number of aromatic amines is 1. The molecule has 0 radical (unpaired) electrons. The lowest BCUT2D eigenvalue weighted by Crippen LogP contribution is -2.49. The Balaban J connectivity index is 1.51. The monoisotopic (exact) mass is 272 g/mol. The van der Waals surface area contributed by atoms with E-state index in [0.717, 1.165) is 50.4 Å². The first-order chi connectivity index (χ1) is 9.83.